The Kier molecular flexibility index (Phi) is 17.1. The molecule has 322 valence electrons. The van der Waals surface area contributed by atoms with Crippen molar-refractivity contribution in [2.45, 2.75) is 77.1 Å². The summed E-state index contributed by atoms with van der Waals surface area (Å²) in [4.78, 5) is 47.1. The van der Waals surface area contributed by atoms with Gasteiger partial charge in [0.25, 0.3) is 11.8 Å². The Bertz CT molecular complexity index is 2040. The number of halogens is 3. The third-order valence-corrected chi connectivity index (χ3v) is 9.33. The number of benzene rings is 3. The first-order chi connectivity index (χ1) is 28.8. The minimum absolute atomic E-state index is 0.0137. The summed E-state index contributed by atoms with van der Waals surface area (Å²) in [6, 6.07) is 18.9. The van der Waals surface area contributed by atoms with Crippen LogP contribution in [0.15, 0.2) is 79.0 Å². The highest BCUT2D eigenvalue weighted by atomic mass is 19.4. The van der Waals surface area contributed by atoms with Crippen LogP contribution in [0.5, 0.6) is 0 Å². The lowest BCUT2D eigenvalue weighted by atomic mass is 9.87. The number of anilines is 1. The molecule has 0 bridgehead atoms. The number of rotatable bonds is 21. The van der Waals surface area contributed by atoms with Gasteiger partial charge in [-0.05, 0) is 106 Å². The number of alkyl halides is 3. The summed E-state index contributed by atoms with van der Waals surface area (Å²) in [6.45, 7) is 8.54. The fourth-order valence-electron chi connectivity index (χ4n) is 6.52. The summed E-state index contributed by atoms with van der Waals surface area (Å²) in [5.41, 5.74) is 1.87. The van der Waals surface area contributed by atoms with E-state index < -0.39 is 29.2 Å². The van der Waals surface area contributed by atoms with Crippen LogP contribution >= 0.6 is 0 Å². The van der Waals surface area contributed by atoms with E-state index in [9.17, 15) is 27.6 Å². The number of hydrogen-bond acceptors (Lipinski definition) is 10. The van der Waals surface area contributed by atoms with Gasteiger partial charge in [-0.15, -0.1) is 0 Å². The quantitative estimate of drug-likeness (QED) is 0.0626. The van der Waals surface area contributed by atoms with Gasteiger partial charge in [0.1, 0.15) is 11.3 Å². The van der Waals surface area contributed by atoms with Crippen LogP contribution in [0.1, 0.15) is 95.6 Å². The topological polar surface area (TPSA) is 147 Å². The molecule has 1 atom stereocenters. The molecule has 12 nitrogen and oxygen atoms in total. The molecule has 2 N–H and O–H groups in total. The van der Waals surface area contributed by atoms with E-state index in [-0.39, 0.29) is 47.8 Å². The van der Waals surface area contributed by atoms with Crippen molar-refractivity contribution in [3.8, 4) is 11.4 Å². The summed E-state index contributed by atoms with van der Waals surface area (Å²) in [6.07, 6.45) is 0.687. The second-order valence-electron chi connectivity index (χ2n) is 15.2. The Morgan fingerprint density at radius 3 is 2.20 bits per heavy atom. The van der Waals surface area contributed by atoms with Crippen LogP contribution in [-0.2, 0) is 47.5 Å². The van der Waals surface area contributed by atoms with Crippen LogP contribution in [0.4, 0.5) is 18.9 Å². The smallest absolute Gasteiger partial charge is 0.416 e. The Labute approximate surface area is 348 Å². The molecule has 1 aromatic heterocycles. The first kappa shape index (κ1) is 45.9. The summed E-state index contributed by atoms with van der Waals surface area (Å²) in [5, 5.41) is 5.75. The van der Waals surface area contributed by atoms with Gasteiger partial charge in [-0.25, -0.2) is 9.97 Å². The fourth-order valence-corrected chi connectivity index (χ4v) is 6.52. The Hall–Kier alpha value is -5.22. The van der Waals surface area contributed by atoms with E-state index in [4.69, 9.17) is 23.7 Å². The zero-order valence-corrected chi connectivity index (χ0v) is 34.3. The highest BCUT2D eigenvalue weighted by Gasteiger charge is 2.32. The SMILES string of the molecule is CC(C)(C)OC(=O)CCOCCOCCOCCOCCCc1cccc(C(=O)Nc2ccc(C(F)(F)F)cc2-c2nccc(C(=O)N[C@H]3CCCc4ccccc43)n2)c1. The lowest BCUT2D eigenvalue weighted by Gasteiger charge is -2.26. The molecule has 1 aliphatic rings. The molecule has 3 aromatic carbocycles. The van der Waals surface area contributed by atoms with Crippen LogP contribution in [0.3, 0.4) is 0 Å². The van der Waals surface area contributed by atoms with E-state index in [1.54, 1.807) is 18.2 Å². The highest BCUT2D eigenvalue weighted by Crippen LogP contribution is 2.36. The largest absolute Gasteiger partial charge is 0.460 e. The van der Waals surface area contributed by atoms with E-state index in [1.807, 2.05) is 51.1 Å². The molecule has 2 amide bonds. The molecule has 0 fully saturated rings. The number of aryl methyl sites for hydroxylation is 2. The lowest BCUT2D eigenvalue weighted by molar-refractivity contribution is -0.156. The van der Waals surface area contributed by atoms with Gasteiger partial charge in [0.15, 0.2) is 5.82 Å². The molecule has 0 radical (unpaired) electrons. The van der Waals surface area contributed by atoms with Crippen molar-refractivity contribution in [2.75, 3.05) is 58.2 Å². The molecule has 0 unspecified atom stereocenters. The van der Waals surface area contributed by atoms with Crippen molar-refractivity contribution in [3.05, 3.63) is 113 Å². The second kappa shape index (κ2) is 22.4. The van der Waals surface area contributed by atoms with Gasteiger partial charge in [-0.1, -0.05) is 36.4 Å². The first-order valence-electron chi connectivity index (χ1n) is 20.1. The number of ether oxygens (including phenoxy) is 5. The predicted molar refractivity (Wildman–Crippen MR) is 219 cm³/mol. The maximum Gasteiger partial charge on any atom is 0.416 e. The summed E-state index contributed by atoms with van der Waals surface area (Å²) in [5.74, 6) is -1.46. The zero-order chi connectivity index (χ0) is 43.0. The number of amides is 2. The van der Waals surface area contributed by atoms with E-state index in [0.29, 0.717) is 64.7 Å². The van der Waals surface area contributed by atoms with Crippen LogP contribution in [0, 0.1) is 0 Å². The second-order valence-corrected chi connectivity index (χ2v) is 15.2. The number of esters is 1. The number of fused-ring (bicyclic) bond motifs is 1. The predicted octanol–water partition coefficient (Wildman–Crippen LogP) is 7.95. The summed E-state index contributed by atoms with van der Waals surface area (Å²) in [7, 11) is 0. The van der Waals surface area contributed by atoms with Gasteiger partial charge in [0, 0.05) is 23.9 Å². The lowest BCUT2D eigenvalue weighted by Crippen LogP contribution is -2.31. The standard InChI is InChI=1S/C45H53F3N4O8/c1-44(2,3)60-40(53)19-22-57-24-26-59-28-27-58-25-23-56-21-8-10-31-9-6-13-33(29-31)42(54)51-38-17-16-34(45(46,47)48)30-36(38)41-49-20-18-39(50-41)43(55)52-37-15-7-12-32-11-4-5-14-35(32)37/h4-6,9,11,13-14,16-18,20,29-30,37H,7-8,10,12,15,19,21-28H2,1-3H3,(H,51,54)(H,52,55)/t37-/m0/s1. The van der Waals surface area contributed by atoms with E-state index >= 15 is 0 Å². The van der Waals surface area contributed by atoms with E-state index in [1.165, 1.54) is 12.3 Å². The molecule has 0 spiro atoms. The van der Waals surface area contributed by atoms with Crippen molar-refractivity contribution in [1.82, 2.24) is 15.3 Å². The van der Waals surface area contributed by atoms with Crippen molar-refractivity contribution in [2.24, 2.45) is 0 Å². The van der Waals surface area contributed by atoms with Crippen molar-refractivity contribution >= 4 is 23.5 Å². The molecule has 0 aliphatic heterocycles. The molecule has 0 saturated carbocycles. The van der Waals surface area contributed by atoms with Crippen LogP contribution in [-0.4, -0.2) is 86.2 Å². The molecule has 1 aliphatic carbocycles. The average Bonchev–Trinajstić information content (AvgIpc) is 3.21. The van der Waals surface area contributed by atoms with Gasteiger partial charge < -0.3 is 34.3 Å². The third kappa shape index (κ3) is 14.8. The number of aromatic nitrogens is 2. The van der Waals surface area contributed by atoms with Gasteiger partial charge in [0.05, 0.1) is 70.0 Å². The number of carbonyl (C=O) groups excluding carboxylic acids is 3. The maximum atomic E-state index is 13.9. The number of nitrogens with zero attached hydrogens (tertiary/aromatic N) is 2. The van der Waals surface area contributed by atoms with Crippen molar-refractivity contribution < 1.29 is 51.2 Å². The number of hydrogen-bond donors (Lipinski definition) is 2. The average molecular weight is 835 g/mol. The van der Waals surface area contributed by atoms with Gasteiger partial charge in [-0.2, -0.15) is 13.2 Å². The molecule has 1 heterocycles. The highest BCUT2D eigenvalue weighted by molar-refractivity contribution is 6.06. The Morgan fingerprint density at radius 2 is 1.48 bits per heavy atom. The molecule has 15 heteroatoms. The Morgan fingerprint density at radius 1 is 0.783 bits per heavy atom. The molecular formula is C45H53F3N4O8. The minimum atomic E-state index is -4.68. The maximum absolute atomic E-state index is 13.9. The first-order valence-corrected chi connectivity index (χ1v) is 20.1. The van der Waals surface area contributed by atoms with Crippen molar-refractivity contribution in [1.29, 1.82) is 0 Å². The molecule has 0 saturated heterocycles. The molecular weight excluding hydrogens is 782 g/mol. The van der Waals surface area contributed by atoms with E-state index in [2.05, 4.69) is 20.6 Å². The Balaban J connectivity index is 1.06. The summed E-state index contributed by atoms with van der Waals surface area (Å²) >= 11 is 0. The van der Waals surface area contributed by atoms with Crippen molar-refractivity contribution in [3.63, 3.8) is 0 Å². The van der Waals surface area contributed by atoms with Crippen LogP contribution < -0.4 is 10.6 Å². The molecule has 5 rings (SSSR count). The van der Waals surface area contributed by atoms with Crippen LogP contribution in [0.25, 0.3) is 11.4 Å². The minimum Gasteiger partial charge on any atom is -0.460 e. The zero-order valence-electron chi connectivity index (χ0n) is 34.3. The van der Waals surface area contributed by atoms with Gasteiger partial charge in [0.2, 0.25) is 0 Å². The summed E-state index contributed by atoms with van der Waals surface area (Å²) < 4.78 is 68.9. The monoisotopic (exact) mass is 834 g/mol. The molecule has 60 heavy (non-hydrogen) atoms. The fraction of sp³-hybridized carbons (Fsp3) is 0.444. The number of nitrogens with one attached hydrogen (secondary N) is 2. The van der Waals surface area contributed by atoms with Gasteiger partial charge >= 0.3 is 12.1 Å². The molecule has 4 aromatic rings. The van der Waals surface area contributed by atoms with Crippen LogP contribution in [0.2, 0.25) is 0 Å². The normalized spacial score (nSPS) is 14.0. The number of carbonyl (C=O) groups is 3. The third-order valence-electron chi connectivity index (χ3n) is 9.33. The van der Waals surface area contributed by atoms with Gasteiger partial charge in [-0.3, -0.25) is 14.4 Å². The van der Waals surface area contributed by atoms with E-state index in [0.717, 1.165) is 54.2 Å².